The number of rotatable bonds is 3. The predicted molar refractivity (Wildman–Crippen MR) is 71.7 cm³/mol. The zero-order valence-corrected chi connectivity index (χ0v) is 11.4. The SMILES string of the molecule is CC(C(=O)NN(C)C)c1ccc2c(c1)oc(=O)n2C. The van der Waals surface area contributed by atoms with Gasteiger partial charge in [-0.15, -0.1) is 0 Å². The van der Waals surface area contributed by atoms with Crippen LogP contribution in [-0.2, 0) is 11.8 Å². The Balaban J connectivity index is 2.35. The van der Waals surface area contributed by atoms with Crippen LogP contribution >= 0.6 is 0 Å². The summed E-state index contributed by atoms with van der Waals surface area (Å²) in [7, 11) is 5.16. The second-order valence-electron chi connectivity index (χ2n) is 4.75. The van der Waals surface area contributed by atoms with Crippen LogP contribution in [0.2, 0.25) is 0 Å². The molecule has 0 bridgehead atoms. The molecule has 2 aromatic rings. The zero-order valence-electron chi connectivity index (χ0n) is 11.4. The molecule has 0 saturated carbocycles. The molecule has 1 N–H and O–H groups in total. The first-order valence-electron chi connectivity index (χ1n) is 5.97. The average molecular weight is 263 g/mol. The van der Waals surface area contributed by atoms with Crippen molar-refractivity contribution in [2.75, 3.05) is 14.1 Å². The maximum Gasteiger partial charge on any atom is 0.419 e. The Morgan fingerprint density at radius 2 is 2.11 bits per heavy atom. The van der Waals surface area contributed by atoms with Crippen molar-refractivity contribution in [1.82, 2.24) is 15.0 Å². The lowest BCUT2D eigenvalue weighted by molar-refractivity contribution is -0.125. The predicted octanol–water partition coefficient (Wildman–Crippen LogP) is 0.828. The Hall–Kier alpha value is -2.08. The number of aromatic nitrogens is 1. The minimum atomic E-state index is -0.405. The van der Waals surface area contributed by atoms with Crippen molar-refractivity contribution in [1.29, 1.82) is 0 Å². The first-order chi connectivity index (χ1) is 8.90. The molecular weight excluding hydrogens is 246 g/mol. The number of aryl methyl sites for hydroxylation is 1. The quantitative estimate of drug-likeness (QED) is 0.833. The number of nitrogens with zero attached hydrogens (tertiary/aromatic N) is 2. The molecule has 1 aromatic carbocycles. The highest BCUT2D eigenvalue weighted by Gasteiger charge is 2.17. The minimum Gasteiger partial charge on any atom is -0.408 e. The molecule has 0 spiro atoms. The van der Waals surface area contributed by atoms with Crippen LogP contribution in [0.1, 0.15) is 18.4 Å². The molecule has 0 aliphatic rings. The summed E-state index contributed by atoms with van der Waals surface area (Å²) in [6.45, 7) is 1.81. The molecular formula is C13H17N3O3. The summed E-state index contributed by atoms with van der Waals surface area (Å²) in [4.78, 5) is 23.3. The highest BCUT2D eigenvalue weighted by atomic mass is 16.4. The number of nitrogens with one attached hydrogen (secondary N) is 1. The largest absolute Gasteiger partial charge is 0.419 e. The summed E-state index contributed by atoms with van der Waals surface area (Å²) >= 11 is 0. The standard InChI is InChI=1S/C13H17N3O3/c1-8(12(17)14-15(2)3)9-5-6-10-11(7-9)19-13(18)16(10)4/h5-8H,1-4H3,(H,14,17). The van der Waals surface area contributed by atoms with Crippen molar-refractivity contribution < 1.29 is 9.21 Å². The highest BCUT2D eigenvalue weighted by molar-refractivity contribution is 5.84. The second kappa shape index (κ2) is 4.89. The van der Waals surface area contributed by atoms with Crippen molar-refractivity contribution in [3.05, 3.63) is 34.3 Å². The van der Waals surface area contributed by atoms with Gasteiger partial charge in [0.05, 0.1) is 11.4 Å². The lowest BCUT2D eigenvalue weighted by atomic mass is 10.0. The van der Waals surface area contributed by atoms with Gasteiger partial charge in [-0.3, -0.25) is 14.8 Å². The monoisotopic (exact) mass is 263 g/mol. The summed E-state index contributed by atoms with van der Waals surface area (Å²) in [5.41, 5.74) is 4.72. The van der Waals surface area contributed by atoms with Crippen LogP contribution in [0.4, 0.5) is 0 Å². The average Bonchev–Trinajstić information content (AvgIpc) is 2.63. The number of hydrogen-bond acceptors (Lipinski definition) is 4. The second-order valence-corrected chi connectivity index (χ2v) is 4.75. The molecule has 6 nitrogen and oxygen atoms in total. The van der Waals surface area contributed by atoms with Crippen LogP contribution in [0, 0.1) is 0 Å². The van der Waals surface area contributed by atoms with E-state index in [4.69, 9.17) is 4.42 Å². The summed E-state index contributed by atoms with van der Waals surface area (Å²) in [6, 6.07) is 5.35. The van der Waals surface area contributed by atoms with Crippen molar-refractivity contribution in [3.63, 3.8) is 0 Å². The van der Waals surface area contributed by atoms with E-state index in [0.717, 1.165) is 5.56 Å². The fourth-order valence-corrected chi connectivity index (χ4v) is 1.89. The number of benzene rings is 1. The molecule has 1 aromatic heterocycles. The fraction of sp³-hybridized carbons (Fsp3) is 0.385. The van der Waals surface area contributed by atoms with Crippen LogP contribution in [0.25, 0.3) is 11.1 Å². The number of hydrogen-bond donors (Lipinski definition) is 1. The fourth-order valence-electron chi connectivity index (χ4n) is 1.89. The number of oxazole rings is 1. The molecule has 0 fully saturated rings. The summed E-state index contributed by atoms with van der Waals surface area (Å²) < 4.78 is 6.55. The summed E-state index contributed by atoms with van der Waals surface area (Å²) in [5, 5.41) is 1.60. The van der Waals surface area contributed by atoms with E-state index in [1.807, 2.05) is 6.07 Å². The van der Waals surface area contributed by atoms with Crippen molar-refractivity contribution in [2.45, 2.75) is 12.8 Å². The Kier molecular flexibility index (Phi) is 3.44. The van der Waals surface area contributed by atoms with Gasteiger partial charge in [0.15, 0.2) is 5.58 Å². The van der Waals surface area contributed by atoms with E-state index in [1.54, 1.807) is 45.2 Å². The molecule has 1 atom stereocenters. The third-order valence-corrected chi connectivity index (χ3v) is 3.04. The van der Waals surface area contributed by atoms with Gasteiger partial charge >= 0.3 is 5.76 Å². The molecule has 0 aliphatic heterocycles. The zero-order chi connectivity index (χ0) is 14.2. The lowest BCUT2D eigenvalue weighted by Gasteiger charge is -2.16. The molecule has 102 valence electrons. The number of amides is 1. The summed E-state index contributed by atoms with van der Waals surface area (Å²) in [6.07, 6.45) is 0. The van der Waals surface area contributed by atoms with Gasteiger partial charge in [-0.1, -0.05) is 6.07 Å². The number of fused-ring (bicyclic) bond motifs is 1. The van der Waals surface area contributed by atoms with Gasteiger partial charge in [-0.05, 0) is 24.6 Å². The van der Waals surface area contributed by atoms with Crippen LogP contribution < -0.4 is 11.2 Å². The van der Waals surface area contributed by atoms with Crippen LogP contribution in [0.5, 0.6) is 0 Å². The molecule has 0 saturated heterocycles. The Bertz CT molecular complexity index is 669. The molecule has 0 aliphatic carbocycles. The molecule has 6 heteroatoms. The Labute approximate surface area is 110 Å². The normalized spacial score (nSPS) is 12.9. The molecule has 19 heavy (non-hydrogen) atoms. The Morgan fingerprint density at radius 1 is 1.42 bits per heavy atom. The lowest BCUT2D eigenvalue weighted by Crippen LogP contribution is -2.38. The molecule has 0 radical (unpaired) electrons. The topological polar surface area (TPSA) is 67.5 Å². The Morgan fingerprint density at radius 3 is 2.74 bits per heavy atom. The highest BCUT2D eigenvalue weighted by Crippen LogP contribution is 2.21. The number of hydrazine groups is 1. The first kappa shape index (κ1) is 13.4. The maximum absolute atomic E-state index is 11.9. The number of carbonyl (C=O) groups excluding carboxylic acids is 1. The van der Waals surface area contributed by atoms with E-state index in [-0.39, 0.29) is 11.8 Å². The van der Waals surface area contributed by atoms with Gasteiger partial charge in [-0.2, -0.15) is 0 Å². The van der Waals surface area contributed by atoms with E-state index in [2.05, 4.69) is 5.43 Å². The van der Waals surface area contributed by atoms with Gasteiger partial charge < -0.3 is 4.42 Å². The molecule has 1 unspecified atom stereocenters. The van der Waals surface area contributed by atoms with Crippen molar-refractivity contribution in [2.24, 2.45) is 7.05 Å². The van der Waals surface area contributed by atoms with E-state index in [0.29, 0.717) is 11.1 Å². The van der Waals surface area contributed by atoms with Crippen molar-refractivity contribution in [3.8, 4) is 0 Å². The molecule has 1 amide bonds. The third kappa shape index (κ3) is 2.53. The van der Waals surface area contributed by atoms with E-state index in [1.165, 1.54) is 4.57 Å². The van der Waals surface area contributed by atoms with Crippen LogP contribution in [-0.4, -0.2) is 29.6 Å². The van der Waals surface area contributed by atoms with E-state index < -0.39 is 5.76 Å². The van der Waals surface area contributed by atoms with Crippen LogP contribution in [0.15, 0.2) is 27.4 Å². The smallest absolute Gasteiger partial charge is 0.408 e. The summed E-state index contributed by atoms with van der Waals surface area (Å²) in [5.74, 6) is -0.836. The molecule has 1 heterocycles. The van der Waals surface area contributed by atoms with Crippen LogP contribution in [0.3, 0.4) is 0 Å². The van der Waals surface area contributed by atoms with Gasteiger partial charge in [0.25, 0.3) is 0 Å². The third-order valence-electron chi connectivity index (χ3n) is 3.04. The van der Waals surface area contributed by atoms with Crippen molar-refractivity contribution >= 4 is 17.0 Å². The first-order valence-corrected chi connectivity index (χ1v) is 5.97. The van der Waals surface area contributed by atoms with E-state index in [9.17, 15) is 9.59 Å². The van der Waals surface area contributed by atoms with E-state index >= 15 is 0 Å². The van der Waals surface area contributed by atoms with Gasteiger partial charge in [-0.25, -0.2) is 9.80 Å². The molecule has 2 rings (SSSR count). The van der Waals surface area contributed by atoms with Gasteiger partial charge in [0.1, 0.15) is 0 Å². The number of carbonyl (C=O) groups is 1. The maximum atomic E-state index is 11.9. The minimum absolute atomic E-state index is 0.109. The van der Waals surface area contributed by atoms with Gasteiger partial charge in [0.2, 0.25) is 5.91 Å². The van der Waals surface area contributed by atoms with Gasteiger partial charge in [0, 0.05) is 21.1 Å².